The number of benzene rings is 1. The van der Waals surface area contributed by atoms with Gasteiger partial charge in [-0.1, -0.05) is 48.9 Å². The molecular formula is C20H24ClN3O5. The van der Waals surface area contributed by atoms with Gasteiger partial charge in [-0.2, -0.15) is 4.98 Å². The molecule has 156 valence electrons. The molecule has 1 aromatic carbocycles. The van der Waals surface area contributed by atoms with E-state index in [2.05, 4.69) is 15.3 Å². The average Bonchev–Trinajstić information content (AvgIpc) is 2.71. The number of ether oxygens (including phenoxy) is 2. The lowest BCUT2D eigenvalue weighted by Gasteiger charge is -2.35. The Kier molecular flexibility index (Phi) is 7.39. The summed E-state index contributed by atoms with van der Waals surface area (Å²) >= 11 is 6.13. The van der Waals surface area contributed by atoms with Crippen molar-refractivity contribution < 1.29 is 24.2 Å². The molecule has 9 heteroatoms. The summed E-state index contributed by atoms with van der Waals surface area (Å²) in [7, 11) is 1.41. The Morgan fingerprint density at radius 3 is 2.41 bits per heavy atom. The van der Waals surface area contributed by atoms with Gasteiger partial charge < -0.3 is 19.9 Å². The Bertz CT molecular complexity index is 878. The van der Waals surface area contributed by atoms with Crippen LogP contribution in [0.1, 0.15) is 37.6 Å². The molecule has 0 bridgehead atoms. The molecule has 0 aliphatic heterocycles. The fourth-order valence-electron chi connectivity index (χ4n) is 3.09. The molecule has 2 rings (SSSR count). The molecule has 29 heavy (non-hydrogen) atoms. The number of carbonyl (C=O) groups is 2. The van der Waals surface area contributed by atoms with E-state index in [1.165, 1.54) is 7.11 Å². The van der Waals surface area contributed by atoms with Crippen molar-refractivity contribution in [3.8, 4) is 5.88 Å². The van der Waals surface area contributed by atoms with Crippen molar-refractivity contribution in [3.63, 3.8) is 0 Å². The van der Waals surface area contributed by atoms with Crippen molar-refractivity contribution in [2.75, 3.05) is 19.0 Å². The zero-order valence-corrected chi connectivity index (χ0v) is 17.5. The minimum absolute atomic E-state index is 0.0164. The molecule has 0 aliphatic carbocycles. The highest BCUT2D eigenvalue weighted by molar-refractivity contribution is 6.32. The summed E-state index contributed by atoms with van der Waals surface area (Å²) in [6, 6.07) is 7.76. The van der Waals surface area contributed by atoms with Gasteiger partial charge in [-0.05, 0) is 25.8 Å². The second-order valence-electron chi connectivity index (χ2n) is 6.29. The number of halogens is 1. The highest BCUT2D eigenvalue weighted by atomic mass is 35.5. The zero-order chi connectivity index (χ0) is 21.6. The van der Waals surface area contributed by atoms with E-state index in [0.717, 1.165) is 0 Å². The number of aliphatic carboxylic acids is 1. The molecule has 0 aliphatic rings. The third-order valence-corrected chi connectivity index (χ3v) is 5.09. The number of carboxylic acids is 1. The van der Waals surface area contributed by atoms with Gasteiger partial charge in [0.25, 0.3) is 0 Å². The summed E-state index contributed by atoms with van der Waals surface area (Å²) in [5.41, 5.74) is -0.886. The van der Waals surface area contributed by atoms with Crippen molar-refractivity contribution in [1.82, 2.24) is 9.97 Å². The second kappa shape index (κ2) is 9.56. The molecule has 0 radical (unpaired) electrons. The van der Waals surface area contributed by atoms with Gasteiger partial charge in [0.1, 0.15) is 5.02 Å². The molecule has 0 saturated carbocycles. The van der Waals surface area contributed by atoms with E-state index in [0.29, 0.717) is 11.3 Å². The molecule has 0 saturated heterocycles. The standard InChI is InChI=1S/C20H24ClN3O5/c1-5-20(17(25)26,18(27)29-6-2)15(13-10-8-7-9-11-13)23-19-22-12(3)14(21)16(24-19)28-4/h7-11,15H,5-6H2,1-4H3,(H,25,26)(H,22,23,24). The van der Waals surface area contributed by atoms with Crippen molar-refractivity contribution in [3.05, 3.63) is 46.6 Å². The first kappa shape index (κ1) is 22.4. The summed E-state index contributed by atoms with van der Waals surface area (Å²) in [6.07, 6.45) is -0.0164. The first-order valence-electron chi connectivity index (χ1n) is 9.11. The quantitative estimate of drug-likeness (QED) is 0.466. The monoisotopic (exact) mass is 421 g/mol. The van der Waals surface area contributed by atoms with E-state index >= 15 is 0 Å². The maximum absolute atomic E-state index is 12.9. The van der Waals surface area contributed by atoms with Crippen LogP contribution in [0, 0.1) is 12.3 Å². The number of carboxylic acid groups (broad SMARTS) is 1. The summed E-state index contributed by atoms with van der Waals surface area (Å²) in [4.78, 5) is 33.7. The molecule has 8 nitrogen and oxygen atoms in total. The van der Waals surface area contributed by atoms with E-state index in [1.54, 1.807) is 51.1 Å². The van der Waals surface area contributed by atoms with Crippen LogP contribution in [0.5, 0.6) is 5.88 Å². The van der Waals surface area contributed by atoms with Crippen molar-refractivity contribution in [2.24, 2.45) is 5.41 Å². The van der Waals surface area contributed by atoms with E-state index in [1.807, 2.05) is 0 Å². The first-order valence-corrected chi connectivity index (χ1v) is 9.49. The lowest BCUT2D eigenvalue weighted by atomic mass is 9.74. The van der Waals surface area contributed by atoms with Gasteiger partial charge in [0.2, 0.25) is 11.8 Å². The molecule has 2 aromatic rings. The number of methoxy groups -OCH3 is 1. The predicted octanol–water partition coefficient (Wildman–Crippen LogP) is 3.64. The molecule has 1 aromatic heterocycles. The minimum Gasteiger partial charge on any atom is -0.480 e. The lowest BCUT2D eigenvalue weighted by molar-refractivity contribution is -0.170. The molecule has 0 spiro atoms. The van der Waals surface area contributed by atoms with Crippen LogP contribution < -0.4 is 10.1 Å². The maximum Gasteiger partial charge on any atom is 0.325 e. The Hall–Kier alpha value is -2.87. The molecule has 2 N–H and O–H groups in total. The second-order valence-corrected chi connectivity index (χ2v) is 6.67. The Morgan fingerprint density at radius 2 is 1.90 bits per heavy atom. The third-order valence-electron chi connectivity index (χ3n) is 4.66. The maximum atomic E-state index is 12.9. The number of nitrogens with one attached hydrogen (secondary N) is 1. The molecule has 2 unspecified atom stereocenters. The molecule has 0 amide bonds. The predicted molar refractivity (Wildman–Crippen MR) is 108 cm³/mol. The highest BCUT2D eigenvalue weighted by Gasteiger charge is 2.54. The molecule has 1 heterocycles. The Labute approximate surface area is 174 Å². The summed E-state index contributed by atoms with van der Waals surface area (Å²) in [5.74, 6) is -1.92. The number of carbonyl (C=O) groups excluding carboxylic acids is 1. The topological polar surface area (TPSA) is 111 Å². The fraction of sp³-hybridized carbons (Fsp3) is 0.400. The molecule has 0 fully saturated rings. The largest absolute Gasteiger partial charge is 0.480 e. The number of esters is 1. The zero-order valence-electron chi connectivity index (χ0n) is 16.7. The van der Waals surface area contributed by atoms with Gasteiger partial charge in [0.05, 0.1) is 25.5 Å². The van der Waals surface area contributed by atoms with Crippen LogP contribution in [0.25, 0.3) is 0 Å². The van der Waals surface area contributed by atoms with E-state index in [9.17, 15) is 14.7 Å². The number of nitrogens with zero attached hydrogens (tertiary/aromatic N) is 2. The number of rotatable bonds is 9. The van der Waals surface area contributed by atoms with Crippen LogP contribution in [0.3, 0.4) is 0 Å². The molecule has 2 atom stereocenters. The van der Waals surface area contributed by atoms with Gasteiger partial charge in [-0.15, -0.1) is 0 Å². The van der Waals surface area contributed by atoms with Gasteiger partial charge in [0.15, 0.2) is 5.41 Å². The number of aromatic nitrogens is 2. The number of hydrogen-bond donors (Lipinski definition) is 2. The van der Waals surface area contributed by atoms with Crippen LogP contribution in [0.4, 0.5) is 5.95 Å². The number of aryl methyl sites for hydroxylation is 1. The fourth-order valence-corrected chi connectivity index (χ4v) is 3.25. The van der Waals surface area contributed by atoms with Crippen LogP contribution in [0.2, 0.25) is 5.02 Å². The SMILES string of the molecule is CCOC(=O)C(CC)(C(=O)O)C(Nc1nc(C)c(Cl)c(OC)n1)c1ccccc1. The number of anilines is 1. The Balaban J connectivity index is 2.65. The third kappa shape index (κ3) is 4.42. The summed E-state index contributed by atoms with van der Waals surface area (Å²) in [6.45, 7) is 4.98. The highest BCUT2D eigenvalue weighted by Crippen LogP contribution is 2.41. The van der Waals surface area contributed by atoms with Crippen molar-refractivity contribution in [2.45, 2.75) is 33.2 Å². The first-order chi connectivity index (χ1) is 13.8. The van der Waals surface area contributed by atoms with E-state index in [-0.39, 0.29) is 29.9 Å². The van der Waals surface area contributed by atoms with Gasteiger partial charge in [0, 0.05) is 0 Å². The van der Waals surface area contributed by atoms with E-state index < -0.39 is 23.4 Å². The minimum atomic E-state index is -1.90. The average molecular weight is 422 g/mol. The lowest BCUT2D eigenvalue weighted by Crippen LogP contribution is -2.48. The van der Waals surface area contributed by atoms with Crippen molar-refractivity contribution in [1.29, 1.82) is 0 Å². The van der Waals surface area contributed by atoms with Gasteiger partial charge >= 0.3 is 11.9 Å². The van der Waals surface area contributed by atoms with E-state index in [4.69, 9.17) is 21.1 Å². The van der Waals surface area contributed by atoms with Crippen LogP contribution >= 0.6 is 11.6 Å². The van der Waals surface area contributed by atoms with Crippen LogP contribution in [-0.2, 0) is 14.3 Å². The smallest absolute Gasteiger partial charge is 0.325 e. The van der Waals surface area contributed by atoms with Crippen molar-refractivity contribution >= 4 is 29.5 Å². The molecular weight excluding hydrogens is 398 g/mol. The van der Waals surface area contributed by atoms with Gasteiger partial charge in [-0.25, -0.2) is 4.98 Å². The normalized spacial score (nSPS) is 13.8. The van der Waals surface area contributed by atoms with Crippen LogP contribution in [-0.4, -0.2) is 40.7 Å². The summed E-state index contributed by atoms with van der Waals surface area (Å²) in [5, 5.41) is 13.4. The van der Waals surface area contributed by atoms with Gasteiger partial charge in [-0.3, -0.25) is 9.59 Å². The Morgan fingerprint density at radius 1 is 1.24 bits per heavy atom. The van der Waals surface area contributed by atoms with Crippen LogP contribution in [0.15, 0.2) is 30.3 Å². The summed E-state index contributed by atoms with van der Waals surface area (Å²) < 4.78 is 10.3. The number of hydrogen-bond acceptors (Lipinski definition) is 7.